The Kier molecular flexibility index (Phi) is 2.54. The van der Waals surface area contributed by atoms with Gasteiger partial charge >= 0.3 is 0 Å². The lowest BCUT2D eigenvalue weighted by Crippen LogP contribution is -2.30. The summed E-state index contributed by atoms with van der Waals surface area (Å²) in [4.78, 5) is 4.16. The van der Waals surface area contributed by atoms with E-state index in [1.54, 1.807) is 13.8 Å². The van der Waals surface area contributed by atoms with Crippen molar-refractivity contribution in [3.8, 4) is 0 Å². The number of aromatic nitrogens is 2. The van der Waals surface area contributed by atoms with E-state index < -0.39 is 15.4 Å². The zero-order valence-electron chi connectivity index (χ0n) is 9.30. The van der Waals surface area contributed by atoms with Gasteiger partial charge in [0, 0.05) is 0 Å². The van der Waals surface area contributed by atoms with E-state index in [0.29, 0.717) is 18.1 Å². The Bertz CT molecular complexity index is 486. The Morgan fingerprint density at radius 1 is 1.50 bits per heavy atom. The van der Waals surface area contributed by atoms with Crippen LogP contribution in [0.1, 0.15) is 37.9 Å². The molecule has 1 aromatic rings. The maximum atomic E-state index is 11.3. The average molecular weight is 245 g/mol. The topological polar surface area (TPSA) is 99.1 Å². The molecule has 2 heterocycles. The molecule has 0 aromatic carbocycles. The van der Waals surface area contributed by atoms with Crippen LogP contribution in [0.15, 0.2) is 4.52 Å². The van der Waals surface area contributed by atoms with Crippen molar-refractivity contribution in [2.75, 3.05) is 11.5 Å². The molecule has 6 nitrogen and oxygen atoms in total. The van der Waals surface area contributed by atoms with Crippen molar-refractivity contribution < 1.29 is 12.9 Å². The van der Waals surface area contributed by atoms with Gasteiger partial charge in [-0.15, -0.1) is 0 Å². The van der Waals surface area contributed by atoms with Crippen LogP contribution in [-0.4, -0.2) is 30.1 Å². The van der Waals surface area contributed by atoms with E-state index in [9.17, 15) is 8.42 Å². The summed E-state index contributed by atoms with van der Waals surface area (Å²) < 4.78 is 27.7. The fourth-order valence-corrected chi connectivity index (χ4v) is 3.39. The highest BCUT2D eigenvalue weighted by atomic mass is 32.2. The number of sulfone groups is 1. The summed E-state index contributed by atoms with van der Waals surface area (Å²) in [5.74, 6) is 0.913. The van der Waals surface area contributed by atoms with Crippen molar-refractivity contribution in [2.24, 2.45) is 5.73 Å². The summed E-state index contributed by atoms with van der Waals surface area (Å²) in [6.45, 7) is 3.54. The third-order valence-electron chi connectivity index (χ3n) is 2.60. The second kappa shape index (κ2) is 3.53. The lowest BCUT2D eigenvalue weighted by molar-refractivity contribution is 0.347. The molecule has 1 fully saturated rings. The number of nitrogens with zero attached hydrogens (tertiary/aromatic N) is 2. The summed E-state index contributed by atoms with van der Waals surface area (Å²) in [7, 11) is -2.93. The van der Waals surface area contributed by atoms with Crippen molar-refractivity contribution in [1.82, 2.24) is 10.1 Å². The molecule has 1 saturated heterocycles. The quantitative estimate of drug-likeness (QED) is 0.797. The van der Waals surface area contributed by atoms with Gasteiger partial charge in [0.05, 0.1) is 23.0 Å². The van der Waals surface area contributed by atoms with E-state index in [1.165, 1.54) is 0 Å². The number of nitrogens with two attached hydrogens (primary N) is 1. The molecule has 0 spiro atoms. The van der Waals surface area contributed by atoms with Gasteiger partial charge in [-0.05, 0) is 20.3 Å². The van der Waals surface area contributed by atoms with E-state index in [2.05, 4.69) is 10.1 Å². The van der Waals surface area contributed by atoms with Gasteiger partial charge in [-0.2, -0.15) is 4.98 Å². The Morgan fingerprint density at radius 2 is 2.19 bits per heavy atom. The molecule has 2 N–H and O–H groups in total. The first kappa shape index (κ1) is 11.5. The second-order valence-corrected chi connectivity index (χ2v) is 7.01. The van der Waals surface area contributed by atoms with Crippen LogP contribution >= 0.6 is 0 Å². The Labute approximate surface area is 94.1 Å². The van der Waals surface area contributed by atoms with E-state index in [-0.39, 0.29) is 17.4 Å². The molecule has 7 heteroatoms. The molecule has 0 bridgehead atoms. The van der Waals surface area contributed by atoms with Crippen molar-refractivity contribution in [2.45, 2.75) is 31.7 Å². The van der Waals surface area contributed by atoms with E-state index in [1.807, 2.05) is 0 Å². The minimum absolute atomic E-state index is 0.0969. The Hall–Kier alpha value is -0.950. The highest BCUT2D eigenvalue weighted by molar-refractivity contribution is 7.91. The van der Waals surface area contributed by atoms with E-state index >= 15 is 0 Å². The molecule has 2 rings (SSSR count). The molecule has 0 saturated carbocycles. The summed E-state index contributed by atoms with van der Waals surface area (Å²) in [6, 6.07) is 0. The van der Waals surface area contributed by atoms with Gasteiger partial charge < -0.3 is 10.3 Å². The SMILES string of the molecule is CC(C)(N)c1noc(C2CCS(=O)(=O)C2)n1. The van der Waals surface area contributed by atoms with Gasteiger partial charge in [0.15, 0.2) is 15.7 Å². The lowest BCUT2D eigenvalue weighted by Gasteiger charge is -2.11. The average Bonchev–Trinajstić information content (AvgIpc) is 2.68. The molecule has 0 radical (unpaired) electrons. The first-order chi connectivity index (χ1) is 7.28. The summed E-state index contributed by atoms with van der Waals surface area (Å²) >= 11 is 0. The first-order valence-corrected chi connectivity index (χ1v) is 6.93. The molecule has 1 aliphatic heterocycles. The van der Waals surface area contributed by atoms with Crippen LogP contribution in [0.3, 0.4) is 0 Å². The van der Waals surface area contributed by atoms with Crippen LogP contribution in [0.25, 0.3) is 0 Å². The smallest absolute Gasteiger partial charge is 0.230 e. The Morgan fingerprint density at radius 3 is 2.62 bits per heavy atom. The lowest BCUT2D eigenvalue weighted by atomic mass is 10.1. The summed E-state index contributed by atoms with van der Waals surface area (Å²) in [6.07, 6.45) is 0.551. The first-order valence-electron chi connectivity index (χ1n) is 5.11. The maximum Gasteiger partial charge on any atom is 0.230 e. The standard InChI is InChI=1S/C9H15N3O3S/c1-9(2,10)8-11-7(15-12-8)6-3-4-16(13,14)5-6/h6H,3-5,10H2,1-2H3. The fraction of sp³-hybridized carbons (Fsp3) is 0.778. The zero-order chi connectivity index (χ0) is 12.0. The highest BCUT2D eigenvalue weighted by Gasteiger charge is 2.34. The third kappa shape index (κ3) is 2.25. The van der Waals surface area contributed by atoms with Gasteiger partial charge in [0.2, 0.25) is 5.89 Å². The molecular formula is C9H15N3O3S. The summed E-state index contributed by atoms with van der Waals surface area (Å²) in [5.41, 5.74) is 5.15. The Balaban J connectivity index is 2.21. The maximum absolute atomic E-state index is 11.3. The van der Waals surface area contributed by atoms with Crippen molar-refractivity contribution in [3.63, 3.8) is 0 Å². The monoisotopic (exact) mass is 245 g/mol. The van der Waals surface area contributed by atoms with Crippen LogP contribution < -0.4 is 5.73 Å². The molecular weight excluding hydrogens is 230 g/mol. The van der Waals surface area contributed by atoms with Gasteiger partial charge in [0.25, 0.3) is 0 Å². The van der Waals surface area contributed by atoms with Crippen LogP contribution in [-0.2, 0) is 15.4 Å². The predicted octanol–water partition coefficient (Wildman–Crippen LogP) is 0.165. The molecule has 1 aromatic heterocycles. The predicted molar refractivity (Wildman–Crippen MR) is 57.5 cm³/mol. The molecule has 1 atom stereocenters. The molecule has 1 aliphatic rings. The van der Waals surface area contributed by atoms with E-state index in [4.69, 9.17) is 10.3 Å². The molecule has 1 unspecified atom stereocenters. The van der Waals surface area contributed by atoms with Crippen molar-refractivity contribution >= 4 is 9.84 Å². The number of rotatable bonds is 2. The van der Waals surface area contributed by atoms with Crippen LogP contribution in [0.2, 0.25) is 0 Å². The normalized spacial score (nSPS) is 24.8. The van der Waals surface area contributed by atoms with Gasteiger partial charge in [-0.1, -0.05) is 5.16 Å². The van der Waals surface area contributed by atoms with Gasteiger partial charge in [0.1, 0.15) is 0 Å². The molecule has 0 aliphatic carbocycles. The zero-order valence-corrected chi connectivity index (χ0v) is 10.1. The number of hydrogen-bond donors (Lipinski definition) is 1. The minimum atomic E-state index is -2.93. The largest absolute Gasteiger partial charge is 0.339 e. The van der Waals surface area contributed by atoms with Gasteiger partial charge in [-0.3, -0.25) is 0 Å². The molecule has 16 heavy (non-hydrogen) atoms. The third-order valence-corrected chi connectivity index (χ3v) is 4.37. The van der Waals surface area contributed by atoms with Crippen LogP contribution in [0.5, 0.6) is 0 Å². The van der Waals surface area contributed by atoms with Crippen molar-refractivity contribution in [3.05, 3.63) is 11.7 Å². The van der Waals surface area contributed by atoms with Crippen LogP contribution in [0, 0.1) is 0 Å². The molecule has 90 valence electrons. The summed E-state index contributed by atoms with van der Waals surface area (Å²) in [5, 5.41) is 3.77. The van der Waals surface area contributed by atoms with Crippen molar-refractivity contribution in [1.29, 1.82) is 0 Å². The minimum Gasteiger partial charge on any atom is -0.339 e. The molecule has 0 amide bonds. The van der Waals surface area contributed by atoms with Gasteiger partial charge in [-0.25, -0.2) is 8.42 Å². The highest BCUT2D eigenvalue weighted by Crippen LogP contribution is 2.28. The van der Waals surface area contributed by atoms with E-state index in [0.717, 1.165) is 0 Å². The second-order valence-electron chi connectivity index (χ2n) is 4.78. The number of hydrogen-bond acceptors (Lipinski definition) is 6. The van der Waals surface area contributed by atoms with Crippen LogP contribution in [0.4, 0.5) is 0 Å². The fourth-order valence-electron chi connectivity index (χ4n) is 1.65.